The van der Waals surface area contributed by atoms with Crippen LogP contribution in [-0.2, 0) is 35.2 Å². The molecule has 0 aromatic heterocycles. The van der Waals surface area contributed by atoms with E-state index in [-0.39, 0.29) is 6.61 Å². The number of esters is 2. The minimum absolute atomic E-state index is 0.0869. The highest BCUT2D eigenvalue weighted by atomic mass is 32.2. The maximum Gasteiger partial charge on any atom is 0.408 e. The minimum atomic E-state index is -1.06. The van der Waals surface area contributed by atoms with Gasteiger partial charge in [0.05, 0.1) is 0 Å². The molecule has 0 spiro atoms. The van der Waals surface area contributed by atoms with Gasteiger partial charge in [-0.05, 0) is 19.4 Å². The number of ether oxygens (including phenoxy) is 3. The molecular formula is C20H24N2O7S. The topological polar surface area (TPSA) is 111 Å². The number of thioether (sulfide) groups is 1. The van der Waals surface area contributed by atoms with Crippen molar-refractivity contribution in [2.45, 2.75) is 62.8 Å². The summed E-state index contributed by atoms with van der Waals surface area (Å²) < 4.78 is 14.5. The van der Waals surface area contributed by atoms with E-state index >= 15 is 0 Å². The maximum atomic E-state index is 12.7. The first-order valence-corrected chi connectivity index (χ1v) is 10.3. The summed E-state index contributed by atoms with van der Waals surface area (Å²) in [5.41, 5.74) is 0.829. The van der Waals surface area contributed by atoms with Crippen LogP contribution in [0.5, 0.6) is 0 Å². The van der Waals surface area contributed by atoms with Gasteiger partial charge in [0, 0.05) is 18.6 Å². The summed E-state index contributed by atoms with van der Waals surface area (Å²) in [6.45, 7) is 6.36. The number of carbonyl (C=O) groups excluding carboxylic acids is 4. The Morgan fingerprint density at radius 1 is 1.20 bits per heavy atom. The number of carbonyl (C=O) groups is 4. The predicted octanol–water partition coefficient (Wildman–Crippen LogP) is 1.80. The minimum Gasteiger partial charge on any atom is -0.445 e. The van der Waals surface area contributed by atoms with E-state index in [4.69, 9.17) is 14.2 Å². The van der Waals surface area contributed by atoms with Gasteiger partial charge >= 0.3 is 18.0 Å². The van der Waals surface area contributed by atoms with Crippen LogP contribution in [0.15, 0.2) is 30.3 Å². The molecule has 2 aliphatic rings. The van der Waals surface area contributed by atoms with Crippen LogP contribution in [-0.4, -0.2) is 57.3 Å². The number of amides is 2. The molecule has 1 aromatic carbocycles. The van der Waals surface area contributed by atoms with E-state index in [9.17, 15) is 19.2 Å². The van der Waals surface area contributed by atoms with Crippen molar-refractivity contribution in [1.29, 1.82) is 0 Å². The molecule has 0 radical (unpaired) electrons. The van der Waals surface area contributed by atoms with Crippen molar-refractivity contribution in [3.63, 3.8) is 0 Å². The zero-order chi connectivity index (χ0) is 22.1. The Balaban J connectivity index is 1.59. The fourth-order valence-corrected chi connectivity index (χ4v) is 5.12. The first kappa shape index (κ1) is 21.9. The molecule has 2 unspecified atom stereocenters. The monoisotopic (exact) mass is 436 g/mol. The summed E-state index contributed by atoms with van der Waals surface area (Å²) in [5, 5.41) is 2.16. The number of hydrogen-bond acceptors (Lipinski definition) is 8. The fraction of sp³-hybridized carbons (Fsp3) is 0.500. The van der Waals surface area contributed by atoms with Gasteiger partial charge in [-0.1, -0.05) is 30.3 Å². The quantitative estimate of drug-likeness (QED) is 0.408. The van der Waals surface area contributed by atoms with Crippen molar-refractivity contribution < 1.29 is 33.4 Å². The van der Waals surface area contributed by atoms with Gasteiger partial charge in [-0.2, -0.15) is 0 Å². The lowest BCUT2D eigenvalue weighted by Gasteiger charge is -2.43. The molecule has 0 saturated carbocycles. The zero-order valence-electron chi connectivity index (χ0n) is 17.1. The highest BCUT2D eigenvalue weighted by Gasteiger charge is 2.64. The van der Waals surface area contributed by atoms with Gasteiger partial charge in [-0.3, -0.25) is 9.59 Å². The third kappa shape index (κ3) is 4.53. The number of hydrogen-bond donors (Lipinski definition) is 1. The Hall–Kier alpha value is -2.75. The number of β-lactam (4-membered cyclic amide) rings is 1. The second-order valence-electron chi connectivity index (χ2n) is 7.56. The summed E-state index contributed by atoms with van der Waals surface area (Å²) in [4.78, 5) is 49.9. The molecule has 2 saturated heterocycles. The smallest absolute Gasteiger partial charge is 0.408 e. The lowest BCUT2D eigenvalue weighted by molar-refractivity contribution is -0.190. The lowest BCUT2D eigenvalue weighted by Crippen LogP contribution is -2.70. The van der Waals surface area contributed by atoms with Crippen LogP contribution in [0.3, 0.4) is 0 Å². The Bertz CT molecular complexity index is 845. The maximum absolute atomic E-state index is 12.7. The zero-order valence-corrected chi connectivity index (χ0v) is 17.9. The molecule has 10 heteroatoms. The summed E-state index contributed by atoms with van der Waals surface area (Å²) >= 11 is 1.39. The van der Waals surface area contributed by atoms with Crippen LogP contribution in [0, 0.1) is 0 Å². The van der Waals surface area contributed by atoms with Crippen molar-refractivity contribution in [1.82, 2.24) is 10.2 Å². The molecule has 2 fully saturated rings. The molecule has 2 amide bonds. The number of nitrogens with one attached hydrogen (secondary N) is 1. The Morgan fingerprint density at radius 2 is 1.87 bits per heavy atom. The van der Waals surface area contributed by atoms with E-state index in [1.807, 2.05) is 44.2 Å². The lowest BCUT2D eigenvalue weighted by atomic mass is 9.96. The highest BCUT2D eigenvalue weighted by molar-refractivity contribution is 8.01. The number of alkyl carbamates (subject to hydrolysis) is 1. The third-order valence-corrected chi connectivity index (χ3v) is 6.34. The van der Waals surface area contributed by atoms with Crippen LogP contribution in [0.25, 0.3) is 0 Å². The molecule has 2 heterocycles. The average molecular weight is 436 g/mol. The molecule has 1 aromatic rings. The molecule has 1 N–H and O–H groups in total. The van der Waals surface area contributed by atoms with E-state index in [1.54, 1.807) is 0 Å². The normalized spacial score (nSPS) is 24.9. The third-order valence-electron chi connectivity index (χ3n) is 4.76. The van der Waals surface area contributed by atoms with Gasteiger partial charge < -0.3 is 24.4 Å². The summed E-state index contributed by atoms with van der Waals surface area (Å²) in [6, 6.07) is 7.53. The van der Waals surface area contributed by atoms with Crippen molar-refractivity contribution in [2.75, 3.05) is 0 Å². The number of nitrogens with zero attached hydrogens (tertiary/aromatic N) is 1. The number of fused-ring (bicyclic) bond motifs is 1. The highest BCUT2D eigenvalue weighted by Crippen LogP contribution is 2.51. The van der Waals surface area contributed by atoms with Gasteiger partial charge in [0.25, 0.3) is 0 Å². The largest absolute Gasteiger partial charge is 0.445 e. The van der Waals surface area contributed by atoms with E-state index < -0.39 is 52.4 Å². The van der Waals surface area contributed by atoms with Gasteiger partial charge in [-0.15, -0.1) is 11.8 Å². The summed E-state index contributed by atoms with van der Waals surface area (Å²) in [7, 11) is 0. The number of rotatable bonds is 6. The van der Waals surface area contributed by atoms with E-state index in [0.29, 0.717) is 0 Å². The molecule has 0 bridgehead atoms. The van der Waals surface area contributed by atoms with Crippen LogP contribution in [0.4, 0.5) is 4.79 Å². The molecule has 3 rings (SSSR count). The first-order valence-electron chi connectivity index (χ1n) is 9.45. The summed E-state index contributed by atoms with van der Waals surface area (Å²) in [5.74, 6) is -1.63. The van der Waals surface area contributed by atoms with Crippen molar-refractivity contribution in [3.8, 4) is 0 Å². The molecule has 30 heavy (non-hydrogen) atoms. The Kier molecular flexibility index (Phi) is 6.25. The van der Waals surface area contributed by atoms with Crippen molar-refractivity contribution >= 4 is 35.7 Å². The molecule has 0 aliphatic carbocycles. The van der Waals surface area contributed by atoms with Gasteiger partial charge in [-0.25, -0.2) is 9.59 Å². The van der Waals surface area contributed by atoms with Gasteiger partial charge in [0.15, 0.2) is 0 Å². The van der Waals surface area contributed by atoms with Crippen molar-refractivity contribution in [2.24, 2.45) is 0 Å². The standard InChI is InChI=1S/C20H24N2O7S/c1-11(23)28-12(2)29-18(25)15-20(3,4)30-17-14(16(24)22(15)17)21-19(26)27-10-13-8-6-5-7-9-13/h5-9,12,14-15,17H,10H2,1-4H3,(H,21,26)/t12?,14?,15-,17+/m0/s1. The molecule has 9 nitrogen and oxygen atoms in total. The van der Waals surface area contributed by atoms with E-state index in [0.717, 1.165) is 5.56 Å². The second-order valence-corrected chi connectivity index (χ2v) is 9.33. The predicted molar refractivity (Wildman–Crippen MR) is 107 cm³/mol. The SMILES string of the molecule is CC(=O)OC(C)OC(=O)[C@@H]1N2C(=O)C(NC(=O)OCc3ccccc3)[C@H]2SC1(C)C. The molecular weight excluding hydrogens is 412 g/mol. The van der Waals surface area contributed by atoms with Gasteiger partial charge in [0.1, 0.15) is 24.1 Å². The van der Waals surface area contributed by atoms with E-state index in [2.05, 4.69) is 5.32 Å². The van der Waals surface area contributed by atoms with Gasteiger partial charge in [0.2, 0.25) is 12.2 Å². The van der Waals surface area contributed by atoms with Crippen LogP contribution >= 0.6 is 11.8 Å². The molecule has 2 aliphatic heterocycles. The van der Waals surface area contributed by atoms with E-state index in [1.165, 1.54) is 30.5 Å². The van der Waals surface area contributed by atoms with Crippen molar-refractivity contribution in [3.05, 3.63) is 35.9 Å². The van der Waals surface area contributed by atoms with Crippen LogP contribution in [0.2, 0.25) is 0 Å². The second kappa shape index (κ2) is 8.55. The van der Waals surface area contributed by atoms with Crippen LogP contribution < -0.4 is 5.32 Å². The number of benzene rings is 1. The first-order chi connectivity index (χ1) is 14.1. The summed E-state index contributed by atoms with van der Waals surface area (Å²) in [6.07, 6.45) is -1.77. The Morgan fingerprint density at radius 3 is 2.50 bits per heavy atom. The average Bonchev–Trinajstić information content (AvgIpc) is 2.92. The van der Waals surface area contributed by atoms with Crippen LogP contribution in [0.1, 0.15) is 33.3 Å². The molecule has 162 valence electrons. The Labute approximate surface area is 178 Å². The fourth-order valence-electron chi connectivity index (χ4n) is 3.50. The molecule has 4 atom stereocenters.